The minimum absolute atomic E-state index is 0.0218. The highest BCUT2D eigenvalue weighted by Crippen LogP contribution is 2.21. The molecule has 0 saturated heterocycles. The number of benzene rings is 2. The third kappa shape index (κ3) is 6.18. The van der Waals surface area contributed by atoms with Gasteiger partial charge in [-0.25, -0.2) is 0 Å². The maximum Gasteiger partial charge on any atom is 0.258 e. The van der Waals surface area contributed by atoms with Crippen molar-refractivity contribution < 1.29 is 14.3 Å². The molecule has 1 amide bonds. The minimum atomic E-state index is -0.150. The topological polar surface area (TPSA) is 54.0 Å². The molecule has 2 rings (SSSR count). The molecule has 27 heavy (non-hydrogen) atoms. The number of ether oxygens (including phenoxy) is 2. The molecule has 0 spiro atoms. The van der Waals surface area contributed by atoms with Crippen molar-refractivity contribution >= 4 is 11.6 Å². The van der Waals surface area contributed by atoms with Crippen molar-refractivity contribution in [2.45, 2.75) is 6.04 Å². The van der Waals surface area contributed by atoms with E-state index < -0.39 is 0 Å². The van der Waals surface area contributed by atoms with Crippen molar-refractivity contribution in [3.8, 4) is 11.5 Å². The van der Waals surface area contributed by atoms with Crippen molar-refractivity contribution in [1.82, 2.24) is 10.2 Å². The molecule has 2 aromatic carbocycles. The van der Waals surface area contributed by atoms with E-state index in [-0.39, 0.29) is 18.6 Å². The van der Waals surface area contributed by atoms with Crippen molar-refractivity contribution in [2.75, 3.05) is 53.4 Å². The van der Waals surface area contributed by atoms with Gasteiger partial charge in [-0.1, -0.05) is 12.1 Å². The molecule has 0 heterocycles. The highest BCUT2D eigenvalue weighted by molar-refractivity contribution is 5.77. The summed E-state index contributed by atoms with van der Waals surface area (Å²) in [6.07, 6.45) is 0. The molecule has 1 atom stereocenters. The highest BCUT2D eigenvalue weighted by Gasteiger charge is 2.15. The van der Waals surface area contributed by atoms with Crippen LogP contribution in [-0.2, 0) is 4.79 Å². The van der Waals surface area contributed by atoms with E-state index in [2.05, 4.69) is 39.4 Å². The smallest absolute Gasteiger partial charge is 0.258 e. The summed E-state index contributed by atoms with van der Waals surface area (Å²) in [6, 6.07) is 15.6. The Morgan fingerprint density at radius 3 is 2.07 bits per heavy atom. The number of likely N-dealkylation sites (N-methyl/N-ethyl adjacent to an activating group) is 1. The van der Waals surface area contributed by atoms with Crippen LogP contribution >= 0.6 is 0 Å². The molecular formula is C21H29N3O3. The Kier molecular flexibility index (Phi) is 7.49. The first-order valence-corrected chi connectivity index (χ1v) is 8.88. The molecule has 146 valence electrons. The first-order chi connectivity index (χ1) is 12.9. The average molecular weight is 371 g/mol. The standard InChI is InChI=1S/C21H29N3O3/c1-23(2)17-8-6-16(7-9-17)20(24(3)4)14-22-21(25)15-27-19-12-10-18(26-5)11-13-19/h6-13,20H,14-15H2,1-5H3,(H,22,25)/t20-/m0/s1. The van der Waals surface area contributed by atoms with E-state index in [1.54, 1.807) is 31.4 Å². The Labute approximate surface area is 161 Å². The Morgan fingerprint density at radius 2 is 1.56 bits per heavy atom. The van der Waals surface area contributed by atoms with Gasteiger partial charge in [-0.3, -0.25) is 4.79 Å². The lowest BCUT2D eigenvalue weighted by atomic mass is 10.1. The predicted molar refractivity (Wildman–Crippen MR) is 109 cm³/mol. The molecule has 1 N–H and O–H groups in total. The normalized spacial score (nSPS) is 11.8. The zero-order chi connectivity index (χ0) is 19.8. The van der Waals surface area contributed by atoms with E-state index in [1.807, 2.05) is 28.2 Å². The van der Waals surface area contributed by atoms with Gasteiger partial charge in [0.1, 0.15) is 11.5 Å². The fraction of sp³-hybridized carbons (Fsp3) is 0.381. The number of carbonyl (C=O) groups is 1. The number of anilines is 1. The van der Waals surface area contributed by atoms with Crippen molar-refractivity contribution in [2.24, 2.45) is 0 Å². The van der Waals surface area contributed by atoms with Gasteiger partial charge in [0.15, 0.2) is 6.61 Å². The fourth-order valence-electron chi connectivity index (χ4n) is 2.68. The van der Waals surface area contributed by atoms with Gasteiger partial charge in [0.25, 0.3) is 5.91 Å². The second-order valence-corrected chi connectivity index (χ2v) is 6.73. The van der Waals surface area contributed by atoms with E-state index in [9.17, 15) is 4.79 Å². The van der Waals surface area contributed by atoms with Gasteiger partial charge in [-0.2, -0.15) is 0 Å². The van der Waals surface area contributed by atoms with Crippen LogP contribution in [0, 0.1) is 0 Å². The van der Waals surface area contributed by atoms with Crippen LogP contribution < -0.4 is 19.7 Å². The van der Waals surface area contributed by atoms with Crippen LogP contribution in [-0.4, -0.2) is 59.3 Å². The zero-order valence-corrected chi connectivity index (χ0v) is 16.7. The molecule has 2 aromatic rings. The summed E-state index contributed by atoms with van der Waals surface area (Å²) in [5.74, 6) is 1.23. The summed E-state index contributed by atoms with van der Waals surface area (Å²) in [5.41, 5.74) is 2.30. The Balaban J connectivity index is 1.87. The van der Waals surface area contributed by atoms with Gasteiger partial charge < -0.3 is 24.6 Å². The van der Waals surface area contributed by atoms with Crippen LogP contribution in [0.5, 0.6) is 11.5 Å². The molecule has 0 radical (unpaired) electrons. The molecule has 0 aromatic heterocycles. The summed E-state index contributed by atoms with van der Waals surface area (Å²) in [7, 11) is 9.65. The Hall–Kier alpha value is -2.73. The summed E-state index contributed by atoms with van der Waals surface area (Å²) >= 11 is 0. The summed E-state index contributed by atoms with van der Waals surface area (Å²) in [5, 5.41) is 2.95. The maximum absolute atomic E-state index is 12.2. The fourth-order valence-corrected chi connectivity index (χ4v) is 2.68. The van der Waals surface area contributed by atoms with E-state index in [0.717, 1.165) is 17.0 Å². The first-order valence-electron chi connectivity index (χ1n) is 8.88. The molecule has 0 bridgehead atoms. The summed E-state index contributed by atoms with van der Waals surface area (Å²) in [4.78, 5) is 16.3. The third-order valence-corrected chi connectivity index (χ3v) is 4.34. The molecular weight excluding hydrogens is 342 g/mol. The van der Waals surface area contributed by atoms with Crippen molar-refractivity contribution in [3.05, 3.63) is 54.1 Å². The van der Waals surface area contributed by atoms with Gasteiger partial charge in [0.2, 0.25) is 0 Å². The predicted octanol–water partition coefficient (Wildman–Crippen LogP) is 2.56. The van der Waals surface area contributed by atoms with E-state index in [1.165, 1.54) is 0 Å². The lowest BCUT2D eigenvalue weighted by molar-refractivity contribution is -0.123. The quantitative estimate of drug-likeness (QED) is 0.734. The van der Waals surface area contributed by atoms with Gasteiger partial charge in [0, 0.05) is 26.3 Å². The highest BCUT2D eigenvalue weighted by atomic mass is 16.5. The van der Waals surface area contributed by atoms with Crippen LogP contribution in [0.1, 0.15) is 11.6 Å². The largest absolute Gasteiger partial charge is 0.497 e. The number of nitrogens with zero attached hydrogens (tertiary/aromatic N) is 2. The van der Waals surface area contributed by atoms with Crippen LogP contribution in [0.3, 0.4) is 0 Å². The Morgan fingerprint density at radius 1 is 0.963 bits per heavy atom. The summed E-state index contributed by atoms with van der Waals surface area (Å²) < 4.78 is 10.6. The van der Waals surface area contributed by atoms with Gasteiger partial charge in [-0.15, -0.1) is 0 Å². The molecule has 0 aliphatic carbocycles. The maximum atomic E-state index is 12.2. The molecule has 6 nitrogen and oxygen atoms in total. The molecule has 0 unspecified atom stereocenters. The number of carbonyl (C=O) groups excluding carboxylic acids is 1. The number of amides is 1. The lowest BCUT2D eigenvalue weighted by Gasteiger charge is -2.25. The number of nitrogens with one attached hydrogen (secondary N) is 1. The van der Waals surface area contributed by atoms with Gasteiger partial charge >= 0.3 is 0 Å². The molecule has 0 aliphatic rings. The molecule has 0 saturated carbocycles. The Bertz CT molecular complexity index is 712. The molecule has 0 fully saturated rings. The van der Waals surface area contributed by atoms with Crippen molar-refractivity contribution in [1.29, 1.82) is 0 Å². The first kappa shape index (κ1) is 20.6. The number of hydrogen-bond donors (Lipinski definition) is 1. The van der Waals surface area contributed by atoms with E-state index in [0.29, 0.717) is 12.3 Å². The number of hydrogen-bond acceptors (Lipinski definition) is 5. The van der Waals surface area contributed by atoms with Crippen LogP contribution in [0.15, 0.2) is 48.5 Å². The van der Waals surface area contributed by atoms with Crippen LogP contribution in [0.2, 0.25) is 0 Å². The molecule has 0 aliphatic heterocycles. The number of methoxy groups -OCH3 is 1. The average Bonchev–Trinajstić information content (AvgIpc) is 2.67. The summed E-state index contributed by atoms with van der Waals surface area (Å²) in [6.45, 7) is 0.491. The monoisotopic (exact) mass is 371 g/mol. The van der Waals surface area contributed by atoms with E-state index >= 15 is 0 Å². The second kappa shape index (κ2) is 9.83. The zero-order valence-electron chi connectivity index (χ0n) is 16.7. The second-order valence-electron chi connectivity index (χ2n) is 6.73. The van der Waals surface area contributed by atoms with Crippen molar-refractivity contribution in [3.63, 3.8) is 0 Å². The number of rotatable bonds is 9. The minimum Gasteiger partial charge on any atom is -0.497 e. The molecule has 6 heteroatoms. The third-order valence-electron chi connectivity index (χ3n) is 4.34. The van der Waals surface area contributed by atoms with Crippen LogP contribution in [0.4, 0.5) is 5.69 Å². The SMILES string of the molecule is COc1ccc(OCC(=O)NC[C@@H](c2ccc(N(C)C)cc2)N(C)C)cc1. The van der Waals surface area contributed by atoms with Gasteiger partial charge in [-0.05, 0) is 56.1 Å². The van der Waals surface area contributed by atoms with E-state index in [4.69, 9.17) is 9.47 Å². The lowest BCUT2D eigenvalue weighted by Crippen LogP contribution is -2.36. The van der Waals surface area contributed by atoms with Crippen LogP contribution in [0.25, 0.3) is 0 Å². The van der Waals surface area contributed by atoms with Gasteiger partial charge in [0.05, 0.1) is 13.2 Å².